The van der Waals surface area contributed by atoms with Gasteiger partial charge in [0, 0.05) is 18.5 Å². The van der Waals surface area contributed by atoms with Crippen molar-refractivity contribution in [2.45, 2.75) is 19.4 Å². The van der Waals surface area contributed by atoms with Crippen LogP contribution in [0.15, 0.2) is 43.0 Å². The minimum absolute atomic E-state index is 0.160. The Labute approximate surface area is 147 Å². The summed E-state index contributed by atoms with van der Waals surface area (Å²) >= 11 is 0. The molecule has 0 bridgehead atoms. The molecule has 9 heteroatoms. The first-order valence-electron chi connectivity index (χ1n) is 7.84. The highest BCUT2D eigenvalue weighted by molar-refractivity contribution is 5.64. The Bertz CT molecular complexity index is 867. The van der Waals surface area contributed by atoms with Gasteiger partial charge in [-0.05, 0) is 30.7 Å². The van der Waals surface area contributed by atoms with E-state index in [9.17, 15) is 13.2 Å². The van der Waals surface area contributed by atoms with Gasteiger partial charge in [-0.25, -0.2) is 23.1 Å². The zero-order valence-corrected chi connectivity index (χ0v) is 13.6. The average Bonchev–Trinajstić information content (AvgIpc) is 3.02. The normalized spacial score (nSPS) is 11.1. The van der Waals surface area contributed by atoms with Gasteiger partial charge in [0.2, 0.25) is 0 Å². The molecule has 0 amide bonds. The fourth-order valence-electron chi connectivity index (χ4n) is 2.32. The van der Waals surface area contributed by atoms with Crippen LogP contribution in [0.5, 0.6) is 11.5 Å². The van der Waals surface area contributed by atoms with Crippen LogP contribution in [0.1, 0.15) is 5.56 Å². The van der Waals surface area contributed by atoms with E-state index in [1.165, 1.54) is 30.6 Å². The smallest absolute Gasteiger partial charge is 0.257 e. The molecule has 0 aliphatic carbocycles. The van der Waals surface area contributed by atoms with E-state index < -0.39 is 18.8 Å². The van der Waals surface area contributed by atoms with Crippen LogP contribution in [0.4, 0.5) is 13.2 Å². The van der Waals surface area contributed by atoms with Crippen LogP contribution >= 0.6 is 0 Å². The first-order valence-corrected chi connectivity index (χ1v) is 7.84. The molecule has 0 radical (unpaired) electrons. The van der Waals surface area contributed by atoms with Gasteiger partial charge in [-0.3, -0.25) is 4.68 Å². The maximum atomic E-state index is 13.7. The lowest BCUT2D eigenvalue weighted by atomic mass is 10.1. The molecular formula is C17H16F3N5O. The van der Waals surface area contributed by atoms with Crippen molar-refractivity contribution >= 4 is 0 Å². The summed E-state index contributed by atoms with van der Waals surface area (Å²) in [7, 11) is 0. The Hall–Kier alpha value is -2.94. The van der Waals surface area contributed by atoms with Crippen LogP contribution in [0.2, 0.25) is 0 Å². The minimum Gasteiger partial charge on any atom is -0.453 e. The molecule has 0 fully saturated rings. The number of ether oxygens (including phenoxy) is 1. The van der Waals surface area contributed by atoms with E-state index in [2.05, 4.69) is 15.1 Å². The van der Waals surface area contributed by atoms with Gasteiger partial charge in [0.1, 0.15) is 18.1 Å². The molecule has 2 aromatic heterocycles. The summed E-state index contributed by atoms with van der Waals surface area (Å²) in [5.41, 5.74) is 6.84. The van der Waals surface area contributed by atoms with Gasteiger partial charge in [-0.15, -0.1) is 0 Å². The van der Waals surface area contributed by atoms with E-state index in [4.69, 9.17) is 10.5 Å². The predicted molar refractivity (Wildman–Crippen MR) is 88.5 cm³/mol. The molecule has 6 nitrogen and oxygen atoms in total. The molecule has 0 aliphatic rings. The van der Waals surface area contributed by atoms with Crippen LogP contribution in [-0.2, 0) is 13.0 Å². The Kier molecular flexibility index (Phi) is 5.47. The molecule has 2 N–H and O–H groups in total. The summed E-state index contributed by atoms with van der Waals surface area (Å²) in [5.74, 6) is 0.203. The van der Waals surface area contributed by atoms with Gasteiger partial charge in [-0.1, -0.05) is 0 Å². The van der Waals surface area contributed by atoms with E-state index in [1.807, 2.05) is 0 Å². The number of alkyl halides is 2. The highest BCUT2D eigenvalue weighted by Crippen LogP contribution is 2.32. The van der Waals surface area contributed by atoms with E-state index in [0.717, 1.165) is 10.2 Å². The molecule has 3 rings (SSSR count). The maximum absolute atomic E-state index is 13.7. The van der Waals surface area contributed by atoms with Gasteiger partial charge in [0.25, 0.3) is 6.43 Å². The lowest BCUT2D eigenvalue weighted by Gasteiger charge is -2.09. The molecule has 0 saturated carbocycles. The van der Waals surface area contributed by atoms with Crippen molar-refractivity contribution in [1.29, 1.82) is 0 Å². The second kappa shape index (κ2) is 7.96. The minimum atomic E-state index is -2.53. The maximum Gasteiger partial charge on any atom is 0.257 e. The molecule has 0 aliphatic heterocycles. The molecule has 26 heavy (non-hydrogen) atoms. The van der Waals surface area contributed by atoms with E-state index in [0.29, 0.717) is 24.4 Å². The average molecular weight is 363 g/mol. The van der Waals surface area contributed by atoms with Gasteiger partial charge in [-0.2, -0.15) is 5.10 Å². The van der Waals surface area contributed by atoms with Crippen molar-refractivity contribution in [3.8, 4) is 22.9 Å². The fraction of sp³-hybridized carbons (Fsp3) is 0.235. The zero-order valence-electron chi connectivity index (χ0n) is 13.6. The number of nitrogens with zero attached hydrogens (tertiary/aromatic N) is 4. The van der Waals surface area contributed by atoms with Gasteiger partial charge in [0.05, 0.1) is 18.0 Å². The SMILES string of the molecule is NCCc1cnc(-c2ccc(F)cc2Oc2cnn(CC(F)F)c2)nc1. The number of nitrogens with two attached hydrogens (primary N) is 1. The molecule has 136 valence electrons. The number of hydrogen-bond donors (Lipinski definition) is 1. The Morgan fingerprint density at radius 1 is 1.15 bits per heavy atom. The molecule has 2 heterocycles. The second-order valence-electron chi connectivity index (χ2n) is 5.49. The molecule has 0 saturated heterocycles. The van der Waals surface area contributed by atoms with E-state index >= 15 is 0 Å². The molecule has 3 aromatic rings. The summed E-state index contributed by atoms with van der Waals surface area (Å²) in [5, 5.41) is 3.78. The van der Waals surface area contributed by atoms with Gasteiger partial charge >= 0.3 is 0 Å². The summed E-state index contributed by atoms with van der Waals surface area (Å²) in [6, 6.07) is 3.93. The monoisotopic (exact) mass is 363 g/mol. The van der Waals surface area contributed by atoms with Crippen molar-refractivity contribution < 1.29 is 17.9 Å². The standard InChI is InChI=1S/C17H16F3N5O/c18-12-1-2-14(17-22-6-11(3-4-21)7-23-17)15(5-12)26-13-8-24-25(9-13)10-16(19)20/h1-2,5-9,16H,3-4,10,21H2. The fourth-order valence-corrected chi connectivity index (χ4v) is 2.32. The number of aromatic nitrogens is 4. The van der Waals surface area contributed by atoms with Crippen molar-refractivity contribution in [3.05, 3.63) is 54.4 Å². The molecule has 0 spiro atoms. The summed E-state index contributed by atoms with van der Waals surface area (Å²) in [6.45, 7) is -0.0681. The quantitative estimate of drug-likeness (QED) is 0.698. The second-order valence-corrected chi connectivity index (χ2v) is 5.49. The Balaban J connectivity index is 1.87. The van der Waals surface area contributed by atoms with Crippen molar-refractivity contribution in [2.24, 2.45) is 5.73 Å². The van der Waals surface area contributed by atoms with E-state index in [-0.39, 0.29) is 11.5 Å². The number of halogens is 3. The summed E-state index contributed by atoms with van der Waals surface area (Å²) in [4.78, 5) is 8.51. The molecule has 0 unspecified atom stereocenters. The third-order valence-corrected chi connectivity index (χ3v) is 3.49. The predicted octanol–water partition coefficient (Wildman–Crippen LogP) is 3.04. The van der Waals surface area contributed by atoms with Crippen LogP contribution < -0.4 is 10.5 Å². The Morgan fingerprint density at radius 2 is 1.92 bits per heavy atom. The van der Waals surface area contributed by atoms with Crippen LogP contribution in [0.25, 0.3) is 11.4 Å². The van der Waals surface area contributed by atoms with Gasteiger partial charge < -0.3 is 10.5 Å². The molecule has 0 atom stereocenters. The number of hydrogen-bond acceptors (Lipinski definition) is 5. The topological polar surface area (TPSA) is 78.9 Å². The van der Waals surface area contributed by atoms with Crippen LogP contribution in [-0.4, -0.2) is 32.7 Å². The third-order valence-electron chi connectivity index (χ3n) is 3.49. The van der Waals surface area contributed by atoms with Crippen molar-refractivity contribution in [2.75, 3.05) is 6.54 Å². The van der Waals surface area contributed by atoms with Crippen LogP contribution in [0.3, 0.4) is 0 Å². The largest absolute Gasteiger partial charge is 0.453 e. The molecular weight excluding hydrogens is 347 g/mol. The van der Waals surface area contributed by atoms with E-state index in [1.54, 1.807) is 12.4 Å². The number of rotatable bonds is 7. The van der Waals surface area contributed by atoms with Crippen LogP contribution in [0, 0.1) is 5.82 Å². The summed E-state index contributed by atoms with van der Waals surface area (Å²) in [6.07, 6.45) is 3.99. The molecule has 1 aromatic carbocycles. The van der Waals surface area contributed by atoms with Crippen molar-refractivity contribution in [1.82, 2.24) is 19.7 Å². The lowest BCUT2D eigenvalue weighted by molar-refractivity contribution is 0.122. The van der Waals surface area contributed by atoms with Gasteiger partial charge in [0.15, 0.2) is 11.6 Å². The summed E-state index contributed by atoms with van der Waals surface area (Å²) < 4.78 is 45.1. The first kappa shape index (κ1) is 17.9. The first-order chi connectivity index (χ1) is 12.5. The number of benzene rings is 1. The highest BCUT2D eigenvalue weighted by atomic mass is 19.3. The highest BCUT2D eigenvalue weighted by Gasteiger charge is 2.13. The lowest BCUT2D eigenvalue weighted by Crippen LogP contribution is -2.06. The zero-order chi connectivity index (χ0) is 18.5. The third kappa shape index (κ3) is 4.37. The van der Waals surface area contributed by atoms with Crippen molar-refractivity contribution in [3.63, 3.8) is 0 Å². The Morgan fingerprint density at radius 3 is 2.62 bits per heavy atom.